The second kappa shape index (κ2) is 8.77. The summed E-state index contributed by atoms with van der Waals surface area (Å²) < 4.78 is 4.74. The molecule has 2 N–H and O–H groups in total. The molecule has 0 fully saturated rings. The second-order valence-electron chi connectivity index (χ2n) is 6.03. The Kier molecular flexibility index (Phi) is 6.45. The first-order valence-electron chi connectivity index (χ1n) is 8.31. The summed E-state index contributed by atoms with van der Waals surface area (Å²) in [5.41, 5.74) is 0.773. The van der Waals surface area contributed by atoms with Crippen LogP contribution in [0.3, 0.4) is 0 Å². The largest absolute Gasteiger partial charge is 0.467 e. The maximum atomic E-state index is 13.0. The molecule has 0 radical (unpaired) electrons. The number of carbonyl (C=O) groups is 4. The van der Waals surface area contributed by atoms with E-state index in [0.29, 0.717) is 11.3 Å². The second-order valence-corrected chi connectivity index (χ2v) is 6.03. The minimum atomic E-state index is -1.05. The lowest BCUT2D eigenvalue weighted by atomic mass is 9.92. The summed E-state index contributed by atoms with van der Waals surface area (Å²) in [5, 5.41) is 2.53. The molecule has 0 aliphatic heterocycles. The normalized spacial score (nSPS) is 11.2. The van der Waals surface area contributed by atoms with E-state index in [4.69, 9.17) is 11.2 Å². The Balaban J connectivity index is 2.48. The highest BCUT2D eigenvalue weighted by Crippen LogP contribution is 2.20. The van der Waals surface area contributed by atoms with E-state index in [2.05, 4.69) is 21.2 Å². The number of nitrogens with zero attached hydrogens (tertiary/aromatic N) is 1. The van der Waals surface area contributed by atoms with Crippen molar-refractivity contribution in [2.24, 2.45) is 0 Å². The first-order valence-corrected chi connectivity index (χ1v) is 8.31. The number of imidazole rings is 1. The average molecular weight is 381 g/mol. The Bertz CT molecular complexity index is 935. The predicted molar refractivity (Wildman–Crippen MR) is 99.9 cm³/mol. The Morgan fingerprint density at radius 3 is 2.25 bits per heavy atom. The lowest BCUT2D eigenvalue weighted by Gasteiger charge is -2.18. The van der Waals surface area contributed by atoms with Gasteiger partial charge in [0.15, 0.2) is 11.6 Å². The number of amides is 1. The minimum Gasteiger partial charge on any atom is -0.467 e. The molecule has 1 aromatic heterocycles. The van der Waals surface area contributed by atoms with Gasteiger partial charge in [0.2, 0.25) is 0 Å². The van der Waals surface area contributed by atoms with Gasteiger partial charge >= 0.3 is 5.97 Å². The van der Waals surface area contributed by atoms with Gasteiger partial charge in [-0.3, -0.25) is 14.4 Å². The van der Waals surface area contributed by atoms with Crippen LogP contribution in [0.2, 0.25) is 0 Å². The lowest BCUT2D eigenvalue weighted by Crippen LogP contribution is -2.44. The average Bonchev–Trinajstić information content (AvgIpc) is 3.18. The number of aromatic nitrogens is 2. The molecule has 1 atom stereocenters. The molecule has 0 aliphatic rings. The first kappa shape index (κ1) is 20.6. The molecule has 2 aromatic rings. The van der Waals surface area contributed by atoms with Crippen molar-refractivity contribution in [3.8, 4) is 12.3 Å². The van der Waals surface area contributed by atoms with Gasteiger partial charge in [0, 0.05) is 35.0 Å². The quantitative estimate of drug-likeness (QED) is 0.424. The molecule has 144 valence electrons. The summed E-state index contributed by atoms with van der Waals surface area (Å²) >= 11 is 0. The van der Waals surface area contributed by atoms with Crippen molar-refractivity contribution in [2.45, 2.75) is 26.3 Å². The standard InChI is InChI=1S/C20H19N3O5/c1-5-13-6-15(11(2)24)18(16(7-13)12(3)25)19(26)23-17(20(27)28-4)8-14-9-21-10-22-14/h1,6-7,9-10,17H,8H2,2-4H3,(H,21,22)(H,23,26)/t17-/m1/s1. The molecule has 0 spiro atoms. The first-order chi connectivity index (χ1) is 13.3. The SMILES string of the molecule is C#Cc1cc(C(C)=O)c(C(=O)N[C@H](Cc2cnc[nH]2)C(=O)OC)c(C(C)=O)c1. The number of hydrogen-bond acceptors (Lipinski definition) is 6. The van der Waals surface area contributed by atoms with Crippen LogP contribution < -0.4 is 5.32 Å². The van der Waals surface area contributed by atoms with E-state index in [9.17, 15) is 19.2 Å². The van der Waals surface area contributed by atoms with E-state index >= 15 is 0 Å². The van der Waals surface area contributed by atoms with Crippen LogP contribution in [0.15, 0.2) is 24.7 Å². The number of rotatable bonds is 7. The van der Waals surface area contributed by atoms with Crippen LogP contribution in [-0.2, 0) is 16.0 Å². The molecule has 1 amide bonds. The van der Waals surface area contributed by atoms with Gasteiger partial charge in [0.05, 0.1) is 19.0 Å². The lowest BCUT2D eigenvalue weighted by molar-refractivity contribution is -0.142. The summed E-state index contributed by atoms with van der Waals surface area (Å²) in [5.74, 6) is 0.0469. The fourth-order valence-corrected chi connectivity index (χ4v) is 2.71. The van der Waals surface area contributed by atoms with Crippen LogP contribution in [-0.4, -0.2) is 46.6 Å². The molecule has 0 saturated carbocycles. The van der Waals surface area contributed by atoms with E-state index in [1.165, 1.54) is 45.6 Å². The zero-order valence-electron chi connectivity index (χ0n) is 15.7. The molecule has 8 heteroatoms. The third kappa shape index (κ3) is 4.51. The van der Waals surface area contributed by atoms with Crippen molar-refractivity contribution in [1.82, 2.24) is 15.3 Å². The molecule has 0 bridgehead atoms. The van der Waals surface area contributed by atoms with Gasteiger partial charge in [-0.2, -0.15) is 0 Å². The number of carbonyl (C=O) groups excluding carboxylic acids is 4. The smallest absolute Gasteiger partial charge is 0.328 e. The van der Waals surface area contributed by atoms with Crippen LogP contribution in [0.4, 0.5) is 0 Å². The van der Waals surface area contributed by atoms with Crippen molar-refractivity contribution >= 4 is 23.4 Å². The molecular formula is C20H19N3O5. The Labute approximate surface area is 161 Å². The third-order valence-electron chi connectivity index (χ3n) is 4.06. The van der Waals surface area contributed by atoms with Crippen molar-refractivity contribution in [1.29, 1.82) is 0 Å². The zero-order valence-corrected chi connectivity index (χ0v) is 15.7. The molecule has 28 heavy (non-hydrogen) atoms. The van der Waals surface area contributed by atoms with Crippen molar-refractivity contribution in [3.05, 3.63) is 52.6 Å². The maximum Gasteiger partial charge on any atom is 0.328 e. The van der Waals surface area contributed by atoms with E-state index in [1.54, 1.807) is 0 Å². The predicted octanol–water partition coefficient (Wildman–Crippen LogP) is 1.31. The van der Waals surface area contributed by atoms with Crippen molar-refractivity contribution in [3.63, 3.8) is 0 Å². The van der Waals surface area contributed by atoms with Crippen LogP contribution in [0.25, 0.3) is 0 Å². The fourth-order valence-electron chi connectivity index (χ4n) is 2.71. The summed E-state index contributed by atoms with van der Waals surface area (Å²) in [6.45, 7) is 2.53. The topological polar surface area (TPSA) is 118 Å². The summed E-state index contributed by atoms with van der Waals surface area (Å²) in [7, 11) is 1.19. The highest BCUT2D eigenvalue weighted by atomic mass is 16.5. The monoisotopic (exact) mass is 381 g/mol. The number of benzene rings is 1. The number of nitrogens with one attached hydrogen (secondary N) is 2. The summed E-state index contributed by atoms with van der Waals surface area (Å²) in [6, 6.07) is 1.68. The number of ether oxygens (including phenoxy) is 1. The molecule has 1 heterocycles. The third-order valence-corrected chi connectivity index (χ3v) is 4.06. The van der Waals surface area contributed by atoms with Crippen LogP contribution in [0.5, 0.6) is 0 Å². The number of H-pyrrole nitrogens is 1. The molecule has 0 unspecified atom stereocenters. The van der Waals surface area contributed by atoms with Gasteiger partial charge in [0.1, 0.15) is 6.04 Å². The highest BCUT2D eigenvalue weighted by molar-refractivity contribution is 6.15. The van der Waals surface area contributed by atoms with E-state index in [-0.39, 0.29) is 23.1 Å². The zero-order chi connectivity index (χ0) is 20.8. The molecule has 0 aliphatic carbocycles. The number of Topliss-reactive ketones (excluding diaryl/α,β-unsaturated/α-hetero) is 2. The van der Waals surface area contributed by atoms with Crippen LogP contribution >= 0.6 is 0 Å². The van der Waals surface area contributed by atoms with Gasteiger partial charge in [-0.25, -0.2) is 9.78 Å². The molecule has 2 rings (SSSR count). The van der Waals surface area contributed by atoms with Gasteiger partial charge in [-0.1, -0.05) is 5.92 Å². The van der Waals surface area contributed by atoms with Crippen molar-refractivity contribution in [2.75, 3.05) is 7.11 Å². The Morgan fingerprint density at radius 2 is 1.82 bits per heavy atom. The van der Waals surface area contributed by atoms with Gasteiger partial charge < -0.3 is 15.0 Å². The Hall–Kier alpha value is -3.73. The number of terminal acetylenes is 1. The van der Waals surface area contributed by atoms with Crippen LogP contribution in [0.1, 0.15) is 56.2 Å². The Morgan fingerprint density at radius 1 is 1.21 bits per heavy atom. The summed E-state index contributed by atoms with van der Waals surface area (Å²) in [4.78, 5) is 55.9. The number of hydrogen-bond donors (Lipinski definition) is 2. The molecule has 1 aromatic carbocycles. The summed E-state index contributed by atoms with van der Waals surface area (Å²) in [6.07, 6.45) is 8.42. The fraction of sp³-hybridized carbons (Fsp3) is 0.250. The van der Waals surface area contributed by atoms with E-state index in [1.807, 2.05) is 0 Å². The van der Waals surface area contributed by atoms with Gasteiger partial charge in [0.25, 0.3) is 5.91 Å². The number of esters is 1. The van der Waals surface area contributed by atoms with E-state index < -0.39 is 29.5 Å². The minimum absolute atomic E-state index is 0.00306. The number of aromatic amines is 1. The molecular weight excluding hydrogens is 362 g/mol. The van der Waals surface area contributed by atoms with Gasteiger partial charge in [-0.15, -0.1) is 6.42 Å². The van der Waals surface area contributed by atoms with Crippen molar-refractivity contribution < 1.29 is 23.9 Å². The molecule has 8 nitrogen and oxygen atoms in total. The van der Waals surface area contributed by atoms with Gasteiger partial charge in [-0.05, 0) is 26.0 Å². The molecule has 0 saturated heterocycles. The highest BCUT2D eigenvalue weighted by Gasteiger charge is 2.28. The van der Waals surface area contributed by atoms with Crippen LogP contribution in [0, 0.1) is 12.3 Å². The maximum absolute atomic E-state index is 13.0. The number of methoxy groups -OCH3 is 1. The van der Waals surface area contributed by atoms with E-state index in [0.717, 1.165) is 0 Å². The number of ketones is 2.